The van der Waals surface area contributed by atoms with Crippen molar-refractivity contribution < 1.29 is 4.74 Å². The number of hydrogen-bond acceptors (Lipinski definition) is 3. The minimum absolute atomic E-state index is 0.380. The quantitative estimate of drug-likeness (QED) is 0.804. The van der Waals surface area contributed by atoms with E-state index < -0.39 is 0 Å². The van der Waals surface area contributed by atoms with Crippen LogP contribution in [0.2, 0.25) is 0 Å². The molecule has 4 nitrogen and oxygen atoms in total. The van der Waals surface area contributed by atoms with Crippen LogP contribution in [0.15, 0.2) is 48.8 Å². The third kappa shape index (κ3) is 2.16. The molecule has 0 bridgehead atoms. The molecule has 4 heteroatoms. The first-order valence-electron chi connectivity index (χ1n) is 7.71. The van der Waals surface area contributed by atoms with Crippen molar-refractivity contribution in [1.29, 1.82) is 0 Å². The van der Waals surface area contributed by atoms with Crippen molar-refractivity contribution in [2.45, 2.75) is 18.9 Å². The maximum atomic E-state index is 5.51. The fourth-order valence-electron chi connectivity index (χ4n) is 3.21. The molecule has 1 fully saturated rings. The molecule has 3 aromatic rings. The Labute approximate surface area is 129 Å². The van der Waals surface area contributed by atoms with Gasteiger partial charge in [-0.2, -0.15) is 0 Å². The van der Waals surface area contributed by atoms with Gasteiger partial charge in [0.15, 0.2) is 0 Å². The predicted molar refractivity (Wildman–Crippen MR) is 87.2 cm³/mol. The minimum Gasteiger partial charge on any atom is -0.496 e. The summed E-state index contributed by atoms with van der Waals surface area (Å²) in [5, 5.41) is 3.52. The van der Waals surface area contributed by atoms with E-state index in [4.69, 9.17) is 9.72 Å². The molecule has 4 rings (SSSR count). The molecular weight excluding hydrogens is 274 g/mol. The standard InChI is InChI=1S/C18H19N3O/c1-22-17-9-3-2-6-13(17)14-7-5-11-21-12-16(20-18(14)21)15-8-4-10-19-15/h2-3,5-7,9,11-12,15,19H,4,8,10H2,1H3/t15-/m0/s1. The first kappa shape index (κ1) is 13.3. The number of rotatable bonds is 3. The van der Waals surface area contributed by atoms with E-state index in [1.807, 2.05) is 18.2 Å². The van der Waals surface area contributed by atoms with Gasteiger partial charge in [-0.15, -0.1) is 0 Å². The van der Waals surface area contributed by atoms with Gasteiger partial charge in [-0.05, 0) is 37.6 Å². The number of nitrogens with one attached hydrogen (secondary N) is 1. The molecule has 112 valence electrons. The van der Waals surface area contributed by atoms with E-state index in [-0.39, 0.29) is 0 Å². The Hall–Kier alpha value is -2.33. The van der Waals surface area contributed by atoms with Crippen molar-refractivity contribution in [3.63, 3.8) is 0 Å². The SMILES string of the molecule is COc1ccccc1-c1cccn2cc([C@@H]3CCCN3)nc12. The number of nitrogens with zero attached hydrogens (tertiary/aromatic N) is 2. The Morgan fingerprint density at radius 1 is 1.18 bits per heavy atom. The van der Waals surface area contributed by atoms with Crippen molar-refractivity contribution in [3.05, 3.63) is 54.5 Å². The summed E-state index contributed by atoms with van der Waals surface area (Å²) >= 11 is 0. The second kappa shape index (κ2) is 5.46. The Bertz CT molecular complexity index is 803. The third-order valence-corrected chi connectivity index (χ3v) is 4.32. The lowest BCUT2D eigenvalue weighted by Gasteiger charge is -2.09. The topological polar surface area (TPSA) is 38.6 Å². The van der Waals surface area contributed by atoms with Crippen LogP contribution in [0.3, 0.4) is 0 Å². The first-order chi connectivity index (χ1) is 10.9. The van der Waals surface area contributed by atoms with Crippen molar-refractivity contribution in [2.24, 2.45) is 0 Å². The van der Waals surface area contributed by atoms with E-state index in [9.17, 15) is 0 Å². The van der Waals surface area contributed by atoms with E-state index in [2.05, 4.69) is 40.3 Å². The van der Waals surface area contributed by atoms with E-state index in [0.717, 1.165) is 41.2 Å². The van der Waals surface area contributed by atoms with E-state index in [1.54, 1.807) is 7.11 Å². The number of aromatic nitrogens is 2. The summed E-state index contributed by atoms with van der Waals surface area (Å²) in [5.41, 5.74) is 4.28. The molecule has 3 heterocycles. The minimum atomic E-state index is 0.380. The zero-order chi connectivity index (χ0) is 14.9. The molecule has 1 atom stereocenters. The van der Waals surface area contributed by atoms with E-state index in [1.165, 1.54) is 6.42 Å². The average Bonchev–Trinajstić information content (AvgIpc) is 3.23. The van der Waals surface area contributed by atoms with Crippen molar-refractivity contribution in [3.8, 4) is 16.9 Å². The lowest BCUT2D eigenvalue weighted by molar-refractivity contribution is 0.416. The molecule has 0 unspecified atom stereocenters. The van der Waals surface area contributed by atoms with E-state index in [0.29, 0.717) is 6.04 Å². The van der Waals surface area contributed by atoms with E-state index >= 15 is 0 Å². The highest BCUT2D eigenvalue weighted by Gasteiger charge is 2.20. The molecule has 1 saturated heterocycles. The predicted octanol–water partition coefficient (Wildman–Crippen LogP) is 3.43. The highest BCUT2D eigenvalue weighted by molar-refractivity contribution is 5.81. The molecule has 1 aliphatic rings. The van der Waals surface area contributed by atoms with Gasteiger partial charge in [0.25, 0.3) is 0 Å². The Morgan fingerprint density at radius 3 is 2.86 bits per heavy atom. The van der Waals surface area contributed by atoms with Gasteiger partial charge >= 0.3 is 0 Å². The highest BCUT2D eigenvalue weighted by Crippen LogP contribution is 2.33. The van der Waals surface area contributed by atoms with Crippen LogP contribution in [0.4, 0.5) is 0 Å². The Morgan fingerprint density at radius 2 is 2.05 bits per heavy atom. The van der Waals surface area contributed by atoms with Gasteiger partial charge in [-0.3, -0.25) is 0 Å². The van der Waals surface area contributed by atoms with Crippen LogP contribution < -0.4 is 10.1 Å². The van der Waals surface area contributed by atoms with Gasteiger partial charge in [0, 0.05) is 23.5 Å². The van der Waals surface area contributed by atoms with Gasteiger partial charge in [-0.1, -0.05) is 18.2 Å². The molecule has 0 aliphatic carbocycles. The molecule has 22 heavy (non-hydrogen) atoms. The fraction of sp³-hybridized carbons (Fsp3) is 0.278. The van der Waals surface area contributed by atoms with Crippen molar-refractivity contribution in [1.82, 2.24) is 14.7 Å². The molecule has 0 spiro atoms. The van der Waals surface area contributed by atoms with Crippen LogP contribution in [0.1, 0.15) is 24.6 Å². The van der Waals surface area contributed by atoms with Crippen LogP contribution in [-0.4, -0.2) is 23.0 Å². The summed E-state index contributed by atoms with van der Waals surface area (Å²) < 4.78 is 7.61. The summed E-state index contributed by atoms with van der Waals surface area (Å²) in [5.74, 6) is 0.874. The van der Waals surface area contributed by atoms with Gasteiger partial charge in [-0.25, -0.2) is 4.98 Å². The summed E-state index contributed by atoms with van der Waals surface area (Å²) in [6.07, 6.45) is 6.57. The zero-order valence-electron chi connectivity index (χ0n) is 12.6. The zero-order valence-corrected chi connectivity index (χ0v) is 12.6. The number of ether oxygens (including phenoxy) is 1. The van der Waals surface area contributed by atoms with Gasteiger partial charge < -0.3 is 14.5 Å². The lowest BCUT2D eigenvalue weighted by Crippen LogP contribution is -2.12. The third-order valence-electron chi connectivity index (χ3n) is 4.32. The first-order valence-corrected chi connectivity index (χ1v) is 7.71. The van der Waals surface area contributed by atoms with Crippen molar-refractivity contribution in [2.75, 3.05) is 13.7 Å². The molecule has 1 N–H and O–H groups in total. The molecule has 0 saturated carbocycles. The lowest BCUT2D eigenvalue weighted by atomic mass is 10.1. The Balaban J connectivity index is 1.87. The molecular formula is C18H19N3O. The van der Waals surface area contributed by atoms with Crippen LogP contribution in [0, 0.1) is 0 Å². The number of para-hydroxylation sites is 1. The number of benzene rings is 1. The highest BCUT2D eigenvalue weighted by atomic mass is 16.5. The molecule has 0 amide bonds. The number of methoxy groups -OCH3 is 1. The summed E-state index contributed by atoms with van der Waals surface area (Å²) in [6.45, 7) is 1.08. The second-order valence-electron chi connectivity index (χ2n) is 5.67. The van der Waals surface area contributed by atoms with Crippen LogP contribution >= 0.6 is 0 Å². The number of pyridine rings is 1. The second-order valence-corrected chi connectivity index (χ2v) is 5.67. The maximum Gasteiger partial charge on any atom is 0.145 e. The van der Waals surface area contributed by atoms with Gasteiger partial charge in [0.05, 0.1) is 18.8 Å². The molecule has 2 aromatic heterocycles. The average molecular weight is 293 g/mol. The van der Waals surface area contributed by atoms with Crippen molar-refractivity contribution >= 4 is 5.65 Å². The van der Waals surface area contributed by atoms with Crippen LogP contribution in [0.25, 0.3) is 16.8 Å². The summed E-state index contributed by atoms with van der Waals surface area (Å²) in [4.78, 5) is 4.89. The number of imidazole rings is 1. The molecule has 1 aromatic carbocycles. The normalized spacial score (nSPS) is 18.0. The number of fused-ring (bicyclic) bond motifs is 1. The number of hydrogen-bond donors (Lipinski definition) is 1. The van der Waals surface area contributed by atoms with Crippen LogP contribution in [-0.2, 0) is 0 Å². The summed E-state index contributed by atoms with van der Waals surface area (Å²) in [7, 11) is 1.71. The Kier molecular flexibility index (Phi) is 3.31. The van der Waals surface area contributed by atoms with Crippen LogP contribution in [0.5, 0.6) is 5.75 Å². The largest absolute Gasteiger partial charge is 0.496 e. The maximum absolute atomic E-state index is 5.51. The smallest absolute Gasteiger partial charge is 0.145 e. The molecule has 0 radical (unpaired) electrons. The van der Waals surface area contributed by atoms with Gasteiger partial charge in [0.2, 0.25) is 0 Å². The summed E-state index contributed by atoms with van der Waals surface area (Å²) in [6, 6.07) is 12.6. The monoisotopic (exact) mass is 293 g/mol. The fourth-order valence-corrected chi connectivity index (χ4v) is 3.21. The molecule has 1 aliphatic heterocycles. The van der Waals surface area contributed by atoms with Gasteiger partial charge in [0.1, 0.15) is 11.4 Å².